The second-order valence-corrected chi connectivity index (χ2v) is 5.70. The molecule has 2 N–H and O–H groups in total. The largest absolute Gasteiger partial charge is 0.479 e. The molecule has 0 aliphatic carbocycles. The van der Waals surface area contributed by atoms with Gasteiger partial charge in [-0.25, -0.2) is 14.0 Å². The first kappa shape index (κ1) is 15.9. The monoisotopic (exact) mass is 335 g/mol. The average molecular weight is 335 g/mol. The summed E-state index contributed by atoms with van der Waals surface area (Å²) in [7, 11) is 0. The van der Waals surface area contributed by atoms with E-state index in [1.807, 2.05) is 0 Å². The van der Waals surface area contributed by atoms with Crippen LogP contribution in [-0.4, -0.2) is 50.2 Å². The van der Waals surface area contributed by atoms with Gasteiger partial charge in [0, 0.05) is 13.0 Å². The van der Waals surface area contributed by atoms with Crippen molar-refractivity contribution in [3.63, 3.8) is 0 Å². The number of nitrogens with one attached hydrogen (secondary N) is 1. The maximum atomic E-state index is 14.0. The lowest BCUT2D eigenvalue weighted by molar-refractivity contribution is -0.150. The molecular weight excluding hydrogens is 321 g/mol. The van der Waals surface area contributed by atoms with E-state index in [1.165, 1.54) is 6.07 Å². The van der Waals surface area contributed by atoms with Gasteiger partial charge in [-0.3, -0.25) is 14.2 Å². The van der Waals surface area contributed by atoms with Crippen LogP contribution < -0.4 is 11.2 Å². The molecule has 126 valence electrons. The number of para-hydroxylation sites is 1. The Labute approximate surface area is 134 Å². The number of hydrogen-bond acceptors (Lipinski definition) is 4. The van der Waals surface area contributed by atoms with Crippen LogP contribution in [0.25, 0.3) is 10.9 Å². The van der Waals surface area contributed by atoms with Crippen LogP contribution in [0, 0.1) is 0 Å². The Hall–Kier alpha value is -2.97. The minimum Gasteiger partial charge on any atom is -0.479 e. The molecule has 2 heterocycles. The third-order valence-electron chi connectivity index (χ3n) is 4.14. The summed E-state index contributed by atoms with van der Waals surface area (Å²) >= 11 is 0. The van der Waals surface area contributed by atoms with Crippen molar-refractivity contribution >= 4 is 22.8 Å². The standard InChI is InChI=1S/C15H14FN3O5/c16-15(13(22)23)5-6-18(8-15)11(20)7-19-12(21)9-3-1-2-4-10(9)17-14(19)24/h1-4H,5-8H2,(H,17,24)(H,22,23). The van der Waals surface area contributed by atoms with Crippen LogP contribution in [0.1, 0.15) is 6.42 Å². The van der Waals surface area contributed by atoms with Crippen molar-refractivity contribution in [3.8, 4) is 0 Å². The Morgan fingerprint density at radius 1 is 1.29 bits per heavy atom. The van der Waals surface area contributed by atoms with Gasteiger partial charge in [-0.05, 0) is 12.1 Å². The molecule has 1 aromatic heterocycles. The molecule has 1 amide bonds. The van der Waals surface area contributed by atoms with Crippen molar-refractivity contribution in [2.24, 2.45) is 0 Å². The Morgan fingerprint density at radius 3 is 2.67 bits per heavy atom. The normalized spacial score (nSPS) is 20.5. The molecule has 8 nitrogen and oxygen atoms in total. The number of likely N-dealkylation sites (tertiary alicyclic amines) is 1. The number of fused-ring (bicyclic) bond motifs is 1. The van der Waals surface area contributed by atoms with E-state index >= 15 is 0 Å². The van der Waals surface area contributed by atoms with Crippen LogP contribution in [0.5, 0.6) is 0 Å². The van der Waals surface area contributed by atoms with Gasteiger partial charge in [0.05, 0.1) is 17.4 Å². The number of aliphatic carboxylic acids is 1. The number of halogens is 1. The molecule has 1 atom stereocenters. The van der Waals surface area contributed by atoms with Crippen molar-refractivity contribution in [2.75, 3.05) is 13.1 Å². The van der Waals surface area contributed by atoms with Crippen molar-refractivity contribution in [1.82, 2.24) is 14.5 Å². The topological polar surface area (TPSA) is 112 Å². The fourth-order valence-corrected chi connectivity index (χ4v) is 2.74. The smallest absolute Gasteiger partial charge is 0.343 e. The zero-order chi connectivity index (χ0) is 17.5. The second-order valence-electron chi connectivity index (χ2n) is 5.70. The molecule has 0 saturated carbocycles. The molecule has 1 aliphatic rings. The molecule has 1 fully saturated rings. The highest BCUT2D eigenvalue weighted by atomic mass is 19.1. The summed E-state index contributed by atoms with van der Waals surface area (Å²) in [4.78, 5) is 51.0. The second kappa shape index (κ2) is 5.59. The average Bonchev–Trinajstić information content (AvgIpc) is 2.95. The van der Waals surface area contributed by atoms with Gasteiger partial charge in [-0.2, -0.15) is 0 Å². The number of aromatic nitrogens is 2. The van der Waals surface area contributed by atoms with Crippen LogP contribution in [0.2, 0.25) is 0 Å². The zero-order valence-electron chi connectivity index (χ0n) is 12.5. The van der Waals surface area contributed by atoms with Gasteiger partial charge in [0.15, 0.2) is 0 Å². The summed E-state index contributed by atoms with van der Waals surface area (Å²) < 4.78 is 14.7. The first-order chi connectivity index (χ1) is 11.3. The SMILES string of the molecule is O=C(Cn1c(=O)[nH]c2ccccc2c1=O)N1CCC(F)(C(=O)O)C1. The fourth-order valence-electron chi connectivity index (χ4n) is 2.74. The van der Waals surface area contributed by atoms with Crippen LogP contribution in [-0.2, 0) is 16.1 Å². The molecule has 3 rings (SSSR count). The highest BCUT2D eigenvalue weighted by molar-refractivity contribution is 5.82. The first-order valence-corrected chi connectivity index (χ1v) is 7.24. The van der Waals surface area contributed by atoms with Gasteiger partial charge in [0.2, 0.25) is 11.6 Å². The van der Waals surface area contributed by atoms with E-state index in [0.29, 0.717) is 5.52 Å². The molecule has 9 heteroatoms. The van der Waals surface area contributed by atoms with Crippen molar-refractivity contribution in [2.45, 2.75) is 18.6 Å². The number of aromatic amines is 1. The van der Waals surface area contributed by atoms with Crippen molar-refractivity contribution < 1.29 is 19.1 Å². The first-order valence-electron chi connectivity index (χ1n) is 7.24. The number of carboxylic acids is 1. The molecule has 1 saturated heterocycles. The number of carbonyl (C=O) groups excluding carboxylic acids is 1. The Balaban J connectivity index is 1.88. The molecule has 0 spiro atoms. The van der Waals surface area contributed by atoms with Gasteiger partial charge < -0.3 is 15.0 Å². The number of rotatable bonds is 3. The van der Waals surface area contributed by atoms with Crippen molar-refractivity contribution in [3.05, 3.63) is 45.1 Å². The minimum atomic E-state index is -2.49. The van der Waals surface area contributed by atoms with E-state index < -0.39 is 41.9 Å². The lowest BCUT2D eigenvalue weighted by atomic mass is 10.1. The Kier molecular flexibility index (Phi) is 3.70. The number of hydrogen-bond donors (Lipinski definition) is 2. The van der Waals surface area contributed by atoms with Crippen LogP contribution in [0.4, 0.5) is 4.39 Å². The summed E-state index contributed by atoms with van der Waals surface area (Å²) in [5.74, 6) is -2.31. The summed E-state index contributed by atoms with van der Waals surface area (Å²) in [6.07, 6.45) is -0.322. The maximum absolute atomic E-state index is 14.0. The number of carboxylic acid groups (broad SMARTS) is 1. The predicted octanol–water partition coefficient (Wildman–Crippen LogP) is -0.285. The van der Waals surface area contributed by atoms with E-state index in [-0.39, 0.29) is 18.4 Å². The van der Waals surface area contributed by atoms with Crippen LogP contribution >= 0.6 is 0 Å². The minimum absolute atomic E-state index is 0.0815. The Bertz CT molecular complexity index is 950. The number of alkyl halides is 1. The molecule has 1 aromatic carbocycles. The van der Waals surface area contributed by atoms with E-state index in [0.717, 1.165) is 9.47 Å². The third kappa shape index (κ3) is 2.57. The summed E-state index contributed by atoms with van der Waals surface area (Å²) in [5, 5.41) is 9.09. The van der Waals surface area contributed by atoms with Gasteiger partial charge >= 0.3 is 11.7 Å². The van der Waals surface area contributed by atoms with Gasteiger partial charge in [0.25, 0.3) is 5.56 Å². The van der Waals surface area contributed by atoms with E-state index in [4.69, 9.17) is 5.11 Å². The Morgan fingerprint density at radius 2 is 2.00 bits per heavy atom. The number of H-pyrrole nitrogens is 1. The quantitative estimate of drug-likeness (QED) is 0.801. The highest BCUT2D eigenvalue weighted by Crippen LogP contribution is 2.26. The molecule has 2 aromatic rings. The third-order valence-corrected chi connectivity index (χ3v) is 4.14. The zero-order valence-corrected chi connectivity index (χ0v) is 12.5. The molecule has 1 unspecified atom stereocenters. The lowest BCUT2D eigenvalue weighted by Crippen LogP contribution is -2.43. The van der Waals surface area contributed by atoms with Gasteiger partial charge in [-0.15, -0.1) is 0 Å². The maximum Gasteiger partial charge on any atom is 0.343 e. The summed E-state index contributed by atoms with van der Waals surface area (Å²) in [5.41, 5.74) is -3.52. The van der Waals surface area contributed by atoms with E-state index in [9.17, 15) is 23.6 Å². The number of amides is 1. The number of benzene rings is 1. The van der Waals surface area contributed by atoms with Crippen LogP contribution in [0.3, 0.4) is 0 Å². The van der Waals surface area contributed by atoms with Crippen molar-refractivity contribution in [1.29, 1.82) is 0 Å². The summed E-state index contributed by atoms with van der Waals surface area (Å²) in [6.45, 7) is -1.25. The molecule has 24 heavy (non-hydrogen) atoms. The summed E-state index contributed by atoms with van der Waals surface area (Å²) in [6, 6.07) is 6.36. The number of nitrogens with zero attached hydrogens (tertiary/aromatic N) is 2. The lowest BCUT2D eigenvalue weighted by Gasteiger charge is -2.18. The molecule has 0 bridgehead atoms. The van der Waals surface area contributed by atoms with E-state index in [1.54, 1.807) is 18.2 Å². The molecule has 0 radical (unpaired) electrons. The predicted molar refractivity (Wildman–Crippen MR) is 81.5 cm³/mol. The highest BCUT2D eigenvalue weighted by Gasteiger charge is 2.46. The fraction of sp³-hybridized carbons (Fsp3) is 0.333. The van der Waals surface area contributed by atoms with E-state index in [2.05, 4.69) is 4.98 Å². The van der Waals surface area contributed by atoms with Gasteiger partial charge in [-0.1, -0.05) is 12.1 Å². The molecular formula is C15H14FN3O5. The molecule has 1 aliphatic heterocycles. The van der Waals surface area contributed by atoms with Crippen LogP contribution in [0.15, 0.2) is 33.9 Å². The van der Waals surface area contributed by atoms with Gasteiger partial charge in [0.1, 0.15) is 6.54 Å². The number of carbonyl (C=O) groups is 2.